The molecule has 0 aromatic carbocycles. The summed E-state index contributed by atoms with van der Waals surface area (Å²) in [6, 6.07) is 0.456. The molecular weight excluding hydrogens is 226 g/mol. The molecule has 1 fully saturated rings. The zero-order valence-corrected chi connectivity index (χ0v) is 10.8. The summed E-state index contributed by atoms with van der Waals surface area (Å²) in [5, 5.41) is 12.2. The molecule has 94 valence electrons. The van der Waals surface area contributed by atoms with Gasteiger partial charge in [-0.15, -0.1) is 0 Å². The van der Waals surface area contributed by atoms with E-state index in [4.69, 9.17) is 9.84 Å². The van der Waals surface area contributed by atoms with Crippen LogP contribution in [0.3, 0.4) is 0 Å². The molecule has 1 saturated heterocycles. The highest BCUT2D eigenvalue weighted by atomic mass is 32.2. The molecule has 0 aromatic heterocycles. The van der Waals surface area contributed by atoms with Gasteiger partial charge in [-0.3, -0.25) is 0 Å². The van der Waals surface area contributed by atoms with E-state index in [-0.39, 0.29) is 6.10 Å². The van der Waals surface area contributed by atoms with Crippen molar-refractivity contribution >= 4 is 17.7 Å². The lowest BCUT2D eigenvalue weighted by atomic mass is 10.2. The lowest BCUT2D eigenvalue weighted by Crippen LogP contribution is -2.35. The fraction of sp³-hybridized carbons (Fsp3) is 0.909. The molecule has 0 bridgehead atoms. The van der Waals surface area contributed by atoms with Crippen molar-refractivity contribution in [3.05, 3.63) is 0 Å². The van der Waals surface area contributed by atoms with Crippen LogP contribution in [0, 0.1) is 0 Å². The molecule has 4 nitrogen and oxygen atoms in total. The van der Waals surface area contributed by atoms with Crippen LogP contribution in [0.25, 0.3) is 0 Å². The first-order chi connectivity index (χ1) is 7.63. The lowest BCUT2D eigenvalue weighted by molar-refractivity contribution is -0.149. The summed E-state index contributed by atoms with van der Waals surface area (Å²) in [6.45, 7) is 5.05. The summed E-state index contributed by atoms with van der Waals surface area (Å²) >= 11 is 1.91. The van der Waals surface area contributed by atoms with E-state index >= 15 is 0 Å². The molecule has 2 N–H and O–H groups in total. The number of carboxylic acid groups (broad SMARTS) is 1. The van der Waals surface area contributed by atoms with Gasteiger partial charge >= 0.3 is 5.97 Å². The van der Waals surface area contributed by atoms with Crippen LogP contribution in [0.2, 0.25) is 0 Å². The smallest absolute Gasteiger partial charge is 0.332 e. The van der Waals surface area contributed by atoms with Crippen molar-refractivity contribution in [3.8, 4) is 0 Å². The Morgan fingerprint density at radius 2 is 2.38 bits per heavy atom. The molecule has 1 aliphatic rings. The molecule has 0 amide bonds. The van der Waals surface area contributed by atoms with Gasteiger partial charge in [0.05, 0.1) is 6.10 Å². The Morgan fingerprint density at radius 3 is 2.94 bits per heavy atom. The molecule has 0 radical (unpaired) electrons. The Hall–Kier alpha value is -0.260. The molecule has 0 aromatic rings. The summed E-state index contributed by atoms with van der Waals surface area (Å²) in [6.07, 6.45) is 0.958. The van der Waals surface area contributed by atoms with Crippen LogP contribution in [0.15, 0.2) is 0 Å². The summed E-state index contributed by atoms with van der Waals surface area (Å²) < 4.78 is 5.41. The molecule has 16 heavy (non-hydrogen) atoms. The predicted molar refractivity (Wildman–Crippen MR) is 66.0 cm³/mol. The zero-order valence-electron chi connectivity index (χ0n) is 9.94. The number of hydrogen-bond acceptors (Lipinski definition) is 4. The molecule has 1 aliphatic heterocycles. The van der Waals surface area contributed by atoms with Gasteiger partial charge in [0, 0.05) is 18.3 Å². The quantitative estimate of drug-likeness (QED) is 0.711. The van der Waals surface area contributed by atoms with E-state index in [0.29, 0.717) is 12.5 Å². The largest absolute Gasteiger partial charge is 0.479 e. The maximum atomic E-state index is 10.7. The Bertz CT molecular complexity index is 225. The van der Waals surface area contributed by atoms with Crippen LogP contribution in [-0.4, -0.2) is 47.4 Å². The number of carbonyl (C=O) groups is 1. The first kappa shape index (κ1) is 13.8. The monoisotopic (exact) mass is 247 g/mol. The van der Waals surface area contributed by atoms with E-state index in [0.717, 1.165) is 24.5 Å². The highest BCUT2D eigenvalue weighted by molar-refractivity contribution is 7.99. The molecule has 0 spiro atoms. The van der Waals surface area contributed by atoms with Crippen molar-refractivity contribution in [2.75, 3.05) is 18.1 Å². The van der Waals surface area contributed by atoms with Crippen LogP contribution in [-0.2, 0) is 9.53 Å². The minimum atomic E-state index is -0.836. The van der Waals surface area contributed by atoms with Crippen LogP contribution < -0.4 is 5.32 Å². The molecule has 1 rings (SSSR count). The van der Waals surface area contributed by atoms with E-state index in [9.17, 15) is 4.79 Å². The number of carboxylic acids is 1. The van der Waals surface area contributed by atoms with Gasteiger partial charge < -0.3 is 15.2 Å². The van der Waals surface area contributed by atoms with Crippen LogP contribution in [0.5, 0.6) is 0 Å². The molecule has 1 heterocycles. The van der Waals surface area contributed by atoms with E-state index in [1.54, 1.807) is 0 Å². The second kappa shape index (κ2) is 7.14. The van der Waals surface area contributed by atoms with Gasteiger partial charge in [0.2, 0.25) is 0 Å². The second-order valence-corrected chi connectivity index (χ2v) is 5.45. The fourth-order valence-electron chi connectivity index (χ4n) is 1.72. The average Bonchev–Trinajstić information content (AvgIpc) is 2.72. The first-order valence-electron chi connectivity index (χ1n) is 5.82. The summed E-state index contributed by atoms with van der Waals surface area (Å²) in [7, 11) is 0. The second-order valence-electron chi connectivity index (χ2n) is 4.13. The Labute approximate surface area is 101 Å². The summed E-state index contributed by atoms with van der Waals surface area (Å²) in [5.41, 5.74) is 0. The third-order valence-electron chi connectivity index (χ3n) is 2.65. The normalized spacial score (nSPS) is 26.9. The minimum absolute atomic E-state index is 0.0650. The lowest BCUT2D eigenvalue weighted by Gasteiger charge is -2.17. The maximum Gasteiger partial charge on any atom is 0.332 e. The van der Waals surface area contributed by atoms with E-state index in [1.807, 2.05) is 11.8 Å². The molecule has 3 atom stereocenters. The first-order valence-corrected chi connectivity index (χ1v) is 6.98. The van der Waals surface area contributed by atoms with Crippen molar-refractivity contribution < 1.29 is 14.6 Å². The van der Waals surface area contributed by atoms with Gasteiger partial charge in [-0.1, -0.05) is 6.92 Å². The van der Waals surface area contributed by atoms with Gasteiger partial charge in [0.1, 0.15) is 0 Å². The molecule has 0 saturated carbocycles. The Morgan fingerprint density at radius 1 is 1.62 bits per heavy atom. The van der Waals surface area contributed by atoms with Gasteiger partial charge in [-0.05, 0) is 25.5 Å². The van der Waals surface area contributed by atoms with Gasteiger partial charge in [-0.2, -0.15) is 11.8 Å². The van der Waals surface area contributed by atoms with Gasteiger partial charge in [0.15, 0.2) is 6.10 Å². The van der Waals surface area contributed by atoms with Crippen LogP contribution >= 0.6 is 11.8 Å². The summed E-state index contributed by atoms with van der Waals surface area (Å²) in [5.74, 6) is 1.38. The van der Waals surface area contributed by atoms with Crippen LogP contribution in [0.4, 0.5) is 0 Å². The number of ether oxygens (including phenoxy) is 1. The van der Waals surface area contributed by atoms with Gasteiger partial charge in [0.25, 0.3) is 0 Å². The Balaban J connectivity index is 2.12. The predicted octanol–water partition coefficient (Wildman–Crippen LogP) is 1.35. The zero-order chi connectivity index (χ0) is 12.0. The van der Waals surface area contributed by atoms with Crippen molar-refractivity contribution in [2.45, 2.75) is 44.9 Å². The summed E-state index contributed by atoms with van der Waals surface area (Å²) in [4.78, 5) is 10.7. The van der Waals surface area contributed by atoms with Gasteiger partial charge in [-0.25, -0.2) is 4.79 Å². The molecule has 0 aliphatic carbocycles. The SMILES string of the molecule is CCSCC(C)NCC1CCC(C(=O)O)O1. The third kappa shape index (κ3) is 4.72. The van der Waals surface area contributed by atoms with E-state index < -0.39 is 12.1 Å². The topological polar surface area (TPSA) is 58.6 Å². The van der Waals surface area contributed by atoms with E-state index in [1.165, 1.54) is 0 Å². The molecular formula is C11H21NO3S. The third-order valence-corrected chi connectivity index (χ3v) is 3.79. The number of thioether (sulfide) groups is 1. The number of aliphatic carboxylic acids is 1. The van der Waals surface area contributed by atoms with Crippen molar-refractivity contribution in [1.29, 1.82) is 0 Å². The molecule has 5 heteroatoms. The fourth-order valence-corrected chi connectivity index (χ4v) is 2.43. The molecule has 3 unspecified atom stereocenters. The maximum absolute atomic E-state index is 10.7. The minimum Gasteiger partial charge on any atom is -0.479 e. The number of hydrogen-bond donors (Lipinski definition) is 2. The van der Waals surface area contributed by atoms with Crippen LogP contribution in [0.1, 0.15) is 26.7 Å². The standard InChI is InChI=1S/C11H21NO3S/c1-3-16-7-8(2)12-6-9-4-5-10(15-9)11(13)14/h8-10,12H,3-7H2,1-2H3,(H,13,14). The highest BCUT2D eigenvalue weighted by Crippen LogP contribution is 2.19. The highest BCUT2D eigenvalue weighted by Gasteiger charge is 2.30. The van der Waals surface area contributed by atoms with Crippen molar-refractivity contribution in [3.63, 3.8) is 0 Å². The van der Waals surface area contributed by atoms with E-state index in [2.05, 4.69) is 19.2 Å². The average molecular weight is 247 g/mol. The van der Waals surface area contributed by atoms with Crippen molar-refractivity contribution in [1.82, 2.24) is 5.32 Å². The number of rotatable bonds is 7. The van der Waals surface area contributed by atoms with Crippen molar-refractivity contribution in [2.24, 2.45) is 0 Å². The Kier molecular flexibility index (Phi) is 6.16. The number of nitrogens with one attached hydrogen (secondary N) is 1.